The Balaban J connectivity index is 1.79. The molecule has 0 spiro atoms. The van der Waals surface area contributed by atoms with E-state index in [0.29, 0.717) is 17.2 Å². The molecule has 1 aromatic heterocycles. The molecule has 1 saturated carbocycles. The van der Waals surface area contributed by atoms with Gasteiger partial charge in [-0.15, -0.1) is 0 Å². The highest BCUT2D eigenvalue weighted by Crippen LogP contribution is 2.38. The zero-order valence-corrected chi connectivity index (χ0v) is 14.0. The molecule has 3 rings (SSSR count). The number of aromatic nitrogens is 1. The summed E-state index contributed by atoms with van der Waals surface area (Å²) in [6, 6.07) is 7.23. The maximum atomic E-state index is 12.5. The summed E-state index contributed by atoms with van der Waals surface area (Å²) in [4.78, 5) is 23.2. The number of ether oxygens (including phenoxy) is 1. The number of nitrogens with zero attached hydrogens (tertiary/aromatic N) is 2. The van der Waals surface area contributed by atoms with Gasteiger partial charge in [-0.3, -0.25) is 14.9 Å². The summed E-state index contributed by atoms with van der Waals surface area (Å²) < 4.78 is 7.67. The van der Waals surface area contributed by atoms with Gasteiger partial charge in [-0.2, -0.15) is 0 Å². The Kier molecular flexibility index (Phi) is 4.13. The van der Waals surface area contributed by atoms with Crippen molar-refractivity contribution in [3.63, 3.8) is 0 Å². The van der Waals surface area contributed by atoms with Gasteiger partial charge in [-0.1, -0.05) is 12.1 Å². The lowest BCUT2D eigenvalue weighted by molar-refractivity contribution is -0.386. The Hall–Kier alpha value is -2.63. The highest BCUT2D eigenvalue weighted by Gasteiger charge is 2.28. The first kappa shape index (κ1) is 16.2. The van der Waals surface area contributed by atoms with Crippen molar-refractivity contribution in [2.24, 2.45) is 0 Å². The average molecular weight is 328 g/mol. The molecule has 126 valence electrons. The molecule has 0 saturated heterocycles. The highest BCUT2D eigenvalue weighted by molar-refractivity contribution is 5.98. The fraction of sp³-hybridized carbons (Fsp3) is 0.389. The second-order valence-corrected chi connectivity index (χ2v) is 6.28. The van der Waals surface area contributed by atoms with Gasteiger partial charge >= 0.3 is 5.69 Å². The minimum absolute atomic E-state index is 0.0891. The average Bonchev–Trinajstić information content (AvgIpc) is 3.30. The van der Waals surface area contributed by atoms with E-state index in [1.165, 1.54) is 6.07 Å². The van der Waals surface area contributed by atoms with Crippen molar-refractivity contribution in [3.05, 3.63) is 56.9 Å². The smallest absolute Gasteiger partial charge is 0.313 e. The van der Waals surface area contributed by atoms with Crippen molar-refractivity contribution in [2.45, 2.75) is 39.7 Å². The third-order valence-corrected chi connectivity index (χ3v) is 4.44. The Labute approximate surface area is 140 Å². The van der Waals surface area contributed by atoms with Crippen LogP contribution in [0.5, 0.6) is 5.75 Å². The summed E-state index contributed by atoms with van der Waals surface area (Å²) in [5.41, 5.74) is 3.07. The Morgan fingerprint density at radius 1 is 1.33 bits per heavy atom. The first-order chi connectivity index (χ1) is 11.4. The zero-order valence-electron chi connectivity index (χ0n) is 14.0. The summed E-state index contributed by atoms with van der Waals surface area (Å²) >= 11 is 0. The van der Waals surface area contributed by atoms with Gasteiger partial charge in [0.05, 0.1) is 4.92 Å². The molecular formula is C18H20N2O4. The lowest BCUT2D eigenvalue weighted by Crippen LogP contribution is -2.13. The van der Waals surface area contributed by atoms with Crippen LogP contribution in [0.1, 0.15) is 46.2 Å². The first-order valence-electron chi connectivity index (χ1n) is 7.98. The topological polar surface area (TPSA) is 74.4 Å². The van der Waals surface area contributed by atoms with E-state index in [9.17, 15) is 14.9 Å². The minimum atomic E-state index is -0.478. The van der Waals surface area contributed by atoms with Gasteiger partial charge in [0.1, 0.15) is 0 Å². The van der Waals surface area contributed by atoms with Gasteiger partial charge in [0.15, 0.2) is 12.4 Å². The second kappa shape index (κ2) is 6.11. The summed E-state index contributed by atoms with van der Waals surface area (Å²) in [5.74, 6) is -0.0323. The monoisotopic (exact) mass is 328 g/mol. The first-order valence-corrected chi connectivity index (χ1v) is 7.98. The van der Waals surface area contributed by atoms with E-state index in [1.807, 2.05) is 19.9 Å². The number of para-hydroxylation sites is 1. The van der Waals surface area contributed by atoms with Crippen LogP contribution in [0.3, 0.4) is 0 Å². The van der Waals surface area contributed by atoms with Crippen LogP contribution < -0.4 is 4.74 Å². The molecule has 0 N–H and O–H groups in total. The van der Waals surface area contributed by atoms with E-state index in [1.54, 1.807) is 19.1 Å². The van der Waals surface area contributed by atoms with Crippen LogP contribution in [0, 0.1) is 30.9 Å². The largest absolute Gasteiger partial charge is 0.478 e. The number of Topliss-reactive ketones (excluding diaryl/α,β-unsaturated/α-hetero) is 1. The number of rotatable bonds is 6. The van der Waals surface area contributed by atoms with E-state index in [2.05, 4.69) is 4.57 Å². The number of aryl methyl sites for hydroxylation is 2. The molecule has 0 amide bonds. The molecule has 1 fully saturated rings. The maximum Gasteiger partial charge on any atom is 0.313 e. The van der Waals surface area contributed by atoms with E-state index in [0.717, 1.165) is 24.2 Å². The fourth-order valence-electron chi connectivity index (χ4n) is 3.16. The summed E-state index contributed by atoms with van der Waals surface area (Å²) in [6.07, 6.45) is 2.30. The Bertz CT molecular complexity index is 819. The van der Waals surface area contributed by atoms with Crippen molar-refractivity contribution in [1.29, 1.82) is 0 Å². The van der Waals surface area contributed by atoms with Crippen LogP contribution >= 0.6 is 0 Å². The third-order valence-electron chi connectivity index (χ3n) is 4.44. The molecule has 6 heteroatoms. The van der Waals surface area contributed by atoms with Gasteiger partial charge in [0, 0.05) is 28.6 Å². The van der Waals surface area contributed by atoms with Gasteiger partial charge in [0.25, 0.3) is 0 Å². The molecule has 6 nitrogen and oxygen atoms in total. The van der Waals surface area contributed by atoms with Gasteiger partial charge < -0.3 is 9.30 Å². The standard InChI is InChI=1S/C18H20N2O4/c1-11-5-4-6-17(18(11)20(22)23)24-10-16(21)15-9-12(2)19(13(15)3)14-7-8-14/h4-6,9,14H,7-8,10H2,1-3H3. The number of carbonyl (C=O) groups is 1. The lowest BCUT2D eigenvalue weighted by Gasteiger charge is -2.09. The van der Waals surface area contributed by atoms with Crippen molar-refractivity contribution in [1.82, 2.24) is 4.57 Å². The number of ketones is 1. The lowest BCUT2D eigenvalue weighted by atomic mass is 10.1. The molecule has 0 atom stereocenters. The van der Waals surface area contributed by atoms with Crippen LogP contribution in [0.15, 0.2) is 24.3 Å². The van der Waals surface area contributed by atoms with E-state index >= 15 is 0 Å². The minimum Gasteiger partial charge on any atom is -0.478 e. The molecule has 1 aromatic carbocycles. The van der Waals surface area contributed by atoms with Crippen LogP contribution in [-0.4, -0.2) is 21.9 Å². The third kappa shape index (κ3) is 2.91. The fourth-order valence-corrected chi connectivity index (χ4v) is 3.16. The number of benzene rings is 1. The molecule has 0 radical (unpaired) electrons. The summed E-state index contributed by atoms with van der Waals surface area (Å²) in [7, 11) is 0. The molecule has 0 bridgehead atoms. The van der Waals surface area contributed by atoms with Crippen LogP contribution in [0.25, 0.3) is 0 Å². The van der Waals surface area contributed by atoms with Crippen molar-refractivity contribution >= 4 is 11.5 Å². The molecular weight excluding hydrogens is 308 g/mol. The predicted octanol–water partition coefficient (Wildman–Crippen LogP) is 3.92. The van der Waals surface area contributed by atoms with Crippen molar-refractivity contribution < 1.29 is 14.5 Å². The van der Waals surface area contributed by atoms with E-state index in [4.69, 9.17) is 4.74 Å². The Morgan fingerprint density at radius 2 is 2.04 bits per heavy atom. The van der Waals surface area contributed by atoms with Crippen molar-refractivity contribution in [2.75, 3.05) is 6.61 Å². The number of hydrogen-bond acceptors (Lipinski definition) is 4. The molecule has 0 aliphatic heterocycles. The molecule has 24 heavy (non-hydrogen) atoms. The number of nitro groups is 1. The normalized spacial score (nSPS) is 13.8. The Morgan fingerprint density at radius 3 is 2.67 bits per heavy atom. The molecule has 2 aromatic rings. The van der Waals surface area contributed by atoms with Crippen molar-refractivity contribution in [3.8, 4) is 5.75 Å². The molecule has 0 unspecified atom stereocenters. The summed E-state index contributed by atoms with van der Waals surface area (Å²) in [5, 5.41) is 11.2. The maximum absolute atomic E-state index is 12.5. The number of hydrogen-bond donors (Lipinski definition) is 0. The van der Waals surface area contributed by atoms with Crippen LogP contribution in [0.2, 0.25) is 0 Å². The number of carbonyl (C=O) groups excluding carboxylic acids is 1. The zero-order chi connectivity index (χ0) is 17.4. The summed E-state index contributed by atoms with van der Waals surface area (Å²) in [6.45, 7) is 5.37. The number of nitro benzene ring substituents is 1. The molecule has 1 aliphatic carbocycles. The highest BCUT2D eigenvalue weighted by atomic mass is 16.6. The van der Waals surface area contributed by atoms with Crippen LogP contribution in [-0.2, 0) is 0 Å². The van der Waals surface area contributed by atoms with E-state index < -0.39 is 4.92 Å². The van der Waals surface area contributed by atoms with Gasteiger partial charge in [-0.25, -0.2) is 0 Å². The quantitative estimate of drug-likeness (QED) is 0.457. The SMILES string of the molecule is Cc1cccc(OCC(=O)c2cc(C)n(C3CC3)c2C)c1[N+](=O)[O-]. The van der Waals surface area contributed by atoms with E-state index in [-0.39, 0.29) is 23.8 Å². The molecule has 1 heterocycles. The molecule has 1 aliphatic rings. The van der Waals surface area contributed by atoms with Gasteiger partial charge in [0.2, 0.25) is 5.78 Å². The second-order valence-electron chi connectivity index (χ2n) is 6.28. The van der Waals surface area contributed by atoms with Gasteiger partial charge in [-0.05, 0) is 45.7 Å². The predicted molar refractivity (Wildman–Crippen MR) is 89.8 cm³/mol. The van der Waals surface area contributed by atoms with Crippen LogP contribution in [0.4, 0.5) is 5.69 Å².